The molecule has 4 aliphatic carbocycles. The fourth-order valence-electron chi connectivity index (χ4n) is 9.73. The van der Waals surface area contributed by atoms with Crippen molar-refractivity contribution in [3.63, 3.8) is 0 Å². The van der Waals surface area contributed by atoms with Crippen molar-refractivity contribution in [3.05, 3.63) is 126 Å². The van der Waals surface area contributed by atoms with E-state index >= 15 is 0 Å². The fourth-order valence-corrected chi connectivity index (χ4v) is 10.8. The number of benzene rings is 5. The van der Waals surface area contributed by atoms with Gasteiger partial charge in [0.15, 0.2) is 17.5 Å². The number of aromatic nitrogens is 3. The van der Waals surface area contributed by atoms with Crippen molar-refractivity contribution in [1.29, 1.82) is 5.26 Å². The van der Waals surface area contributed by atoms with Gasteiger partial charge in [-0.25, -0.2) is 15.0 Å². The van der Waals surface area contributed by atoms with Crippen LogP contribution in [0, 0.1) is 29.1 Å². The minimum atomic E-state index is 0.381. The topological polar surface area (TPSA) is 62.5 Å². The second-order valence-corrected chi connectivity index (χ2v) is 15.7. The first-order chi connectivity index (χ1) is 24.1. The average Bonchev–Trinajstić information content (AvgIpc) is 3.52. The normalized spacial score (nSPS) is 22.5. The SMILES string of the molecule is N#Cc1ccc2sc3ccc(-c4nc(-c5ccccc5)nc(-c5ccccc5-c5ccc(C67C[C@H]8C[C@@H](C6)C[C@@H](C7)C8)cc5)n4)cc3c2c1. The lowest BCUT2D eigenvalue weighted by Crippen LogP contribution is -2.48. The minimum absolute atomic E-state index is 0.381. The van der Waals surface area contributed by atoms with Crippen LogP contribution in [0.4, 0.5) is 0 Å². The zero-order valence-corrected chi connectivity index (χ0v) is 28.0. The van der Waals surface area contributed by atoms with Crippen LogP contribution in [0.3, 0.4) is 0 Å². The summed E-state index contributed by atoms with van der Waals surface area (Å²) in [7, 11) is 0. The second kappa shape index (κ2) is 11.2. The third-order valence-electron chi connectivity index (χ3n) is 11.5. The van der Waals surface area contributed by atoms with E-state index in [2.05, 4.69) is 84.9 Å². The highest BCUT2D eigenvalue weighted by molar-refractivity contribution is 7.25. The quantitative estimate of drug-likeness (QED) is 0.186. The third-order valence-corrected chi connectivity index (χ3v) is 12.7. The summed E-state index contributed by atoms with van der Waals surface area (Å²) in [4.78, 5) is 15.3. The van der Waals surface area contributed by atoms with Crippen LogP contribution in [0.2, 0.25) is 0 Å². The van der Waals surface area contributed by atoms with Crippen LogP contribution >= 0.6 is 11.3 Å². The molecule has 49 heavy (non-hydrogen) atoms. The first-order valence-corrected chi connectivity index (χ1v) is 18.3. The van der Waals surface area contributed by atoms with Crippen molar-refractivity contribution in [2.45, 2.75) is 43.9 Å². The van der Waals surface area contributed by atoms with Gasteiger partial charge in [0, 0.05) is 36.9 Å². The summed E-state index contributed by atoms with van der Waals surface area (Å²) in [5, 5.41) is 11.8. The highest BCUT2D eigenvalue weighted by Crippen LogP contribution is 2.60. The Morgan fingerprint density at radius 3 is 1.82 bits per heavy atom. The Kier molecular flexibility index (Phi) is 6.57. The van der Waals surface area contributed by atoms with Crippen molar-refractivity contribution in [3.8, 4) is 51.4 Å². The molecule has 236 valence electrons. The molecule has 0 spiro atoms. The van der Waals surface area contributed by atoms with Gasteiger partial charge in [0.2, 0.25) is 0 Å². The first-order valence-electron chi connectivity index (χ1n) is 17.5. The van der Waals surface area contributed by atoms with Gasteiger partial charge in [-0.15, -0.1) is 11.3 Å². The Hall–Kier alpha value is -5.18. The number of nitriles is 1. The molecule has 0 amide bonds. The van der Waals surface area contributed by atoms with Crippen LogP contribution in [0.25, 0.3) is 65.5 Å². The van der Waals surface area contributed by atoms with Crippen molar-refractivity contribution in [2.75, 3.05) is 0 Å². The summed E-state index contributed by atoms with van der Waals surface area (Å²) >= 11 is 1.74. The smallest absolute Gasteiger partial charge is 0.164 e. The van der Waals surface area contributed by atoms with E-state index in [1.165, 1.54) is 48.8 Å². The summed E-state index contributed by atoms with van der Waals surface area (Å²) in [6, 6.07) is 42.8. The molecule has 0 atom stereocenters. The molecule has 0 saturated heterocycles. The van der Waals surface area contributed by atoms with Crippen molar-refractivity contribution < 1.29 is 0 Å². The van der Waals surface area contributed by atoms with Gasteiger partial charge in [-0.3, -0.25) is 0 Å². The molecule has 4 fully saturated rings. The summed E-state index contributed by atoms with van der Waals surface area (Å²) < 4.78 is 2.34. The number of rotatable bonds is 5. The highest BCUT2D eigenvalue weighted by Gasteiger charge is 2.51. The lowest BCUT2D eigenvalue weighted by atomic mass is 9.48. The molecule has 2 heterocycles. The summed E-state index contributed by atoms with van der Waals surface area (Å²) in [5.74, 6) is 4.72. The van der Waals surface area contributed by atoms with Crippen LogP contribution in [0.5, 0.6) is 0 Å². The van der Waals surface area contributed by atoms with Crippen molar-refractivity contribution >= 4 is 31.5 Å². The Balaban J connectivity index is 1.08. The van der Waals surface area contributed by atoms with Gasteiger partial charge in [0.1, 0.15) is 0 Å². The fraction of sp³-hybridized carbons (Fsp3) is 0.227. The number of nitrogens with zero attached hydrogens (tertiary/aromatic N) is 4. The number of fused-ring (bicyclic) bond motifs is 3. The van der Waals surface area contributed by atoms with Gasteiger partial charge in [0.05, 0.1) is 11.6 Å². The molecule has 4 saturated carbocycles. The lowest BCUT2D eigenvalue weighted by molar-refractivity contribution is -0.00518. The van der Waals surface area contributed by atoms with Crippen molar-refractivity contribution in [1.82, 2.24) is 15.0 Å². The maximum atomic E-state index is 9.57. The molecule has 0 aliphatic heterocycles. The number of hydrogen-bond acceptors (Lipinski definition) is 5. The molecule has 5 heteroatoms. The largest absolute Gasteiger partial charge is 0.208 e. The molecular formula is C44H34N4S. The van der Waals surface area contributed by atoms with Crippen LogP contribution in [0.15, 0.2) is 115 Å². The first kappa shape index (κ1) is 28.8. The molecule has 7 aromatic rings. The van der Waals surface area contributed by atoms with E-state index in [0.717, 1.165) is 55.5 Å². The molecule has 0 radical (unpaired) electrons. The monoisotopic (exact) mass is 650 g/mol. The Morgan fingerprint density at radius 1 is 0.551 bits per heavy atom. The molecule has 0 N–H and O–H groups in total. The molecule has 0 unspecified atom stereocenters. The number of thiophene rings is 1. The zero-order valence-electron chi connectivity index (χ0n) is 27.1. The molecule has 4 nitrogen and oxygen atoms in total. The van der Waals surface area contributed by atoms with Crippen LogP contribution < -0.4 is 0 Å². The number of hydrogen-bond donors (Lipinski definition) is 0. The van der Waals surface area contributed by atoms with Crippen LogP contribution in [-0.2, 0) is 5.41 Å². The van der Waals surface area contributed by atoms with Gasteiger partial charge in [-0.1, -0.05) is 78.9 Å². The summed E-state index contributed by atoms with van der Waals surface area (Å²) in [6.45, 7) is 0. The maximum Gasteiger partial charge on any atom is 0.164 e. The maximum absolute atomic E-state index is 9.57. The third kappa shape index (κ3) is 4.89. The lowest BCUT2D eigenvalue weighted by Gasteiger charge is -2.57. The van der Waals surface area contributed by atoms with E-state index < -0.39 is 0 Å². The summed E-state index contributed by atoms with van der Waals surface area (Å²) in [5.41, 5.74) is 7.76. The minimum Gasteiger partial charge on any atom is -0.208 e. The van der Waals surface area contributed by atoms with E-state index in [4.69, 9.17) is 15.0 Å². The van der Waals surface area contributed by atoms with Crippen molar-refractivity contribution in [2.24, 2.45) is 17.8 Å². The van der Waals surface area contributed by atoms with Gasteiger partial charge < -0.3 is 0 Å². The highest BCUT2D eigenvalue weighted by atomic mass is 32.1. The van der Waals surface area contributed by atoms with E-state index in [0.29, 0.717) is 28.5 Å². The predicted octanol–water partition coefficient (Wildman–Crippen LogP) is 11.2. The molecule has 5 aromatic carbocycles. The van der Waals surface area contributed by atoms with Gasteiger partial charge in [0.25, 0.3) is 0 Å². The molecule has 2 aromatic heterocycles. The van der Waals surface area contributed by atoms with Crippen LogP contribution in [-0.4, -0.2) is 15.0 Å². The predicted molar refractivity (Wildman–Crippen MR) is 199 cm³/mol. The van der Waals surface area contributed by atoms with E-state index in [1.54, 1.807) is 16.9 Å². The molecular weight excluding hydrogens is 617 g/mol. The Morgan fingerprint density at radius 2 is 1.12 bits per heavy atom. The van der Waals surface area contributed by atoms with E-state index in [1.807, 2.05) is 36.4 Å². The average molecular weight is 651 g/mol. The summed E-state index contributed by atoms with van der Waals surface area (Å²) in [6.07, 6.45) is 8.50. The van der Waals surface area contributed by atoms with Gasteiger partial charge in [-0.2, -0.15) is 5.26 Å². The Labute approximate surface area is 290 Å². The standard InChI is InChI=1S/C44H34N4S/c45-26-27-10-16-39-37(21-27)38-22-33(13-17-40(38)49-39)42-46-41(32-6-2-1-3-7-32)47-43(48-42)36-9-5-4-8-35(36)31-11-14-34(15-12-31)44-23-28-18-29(24-44)20-30(19-28)25-44/h1-17,21-22,28-30H,18-20,23-25H2/t28-,29+,30-,44?. The Bertz CT molecular complexity index is 2400. The molecule has 4 aliphatic rings. The van der Waals surface area contributed by atoms with Gasteiger partial charge >= 0.3 is 0 Å². The zero-order chi connectivity index (χ0) is 32.5. The van der Waals surface area contributed by atoms with E-state index in [9.17, 15) is 5.26 Å². The second-order valence-electron chi connectivity index (χ2n) is 14.6. The van der Waals surface area contributed by atoms with Crippen LogP contribution in [0.1, 0.15) is 49.7 Å². The van der Waals surface area contributed by atoms with Gasteiger partial charge in [-0.05, 0) is 115 Å². The van der Waals surface area contributed by atoms with E-state index in [-0.39, 0.29) is 0 Å². The molecule has 11 rings (SSSR count). The molecule has 4 bridgehead atoms.